The lowest BCUT2D eigenvalue weighted by atomic mass is 9.72. The minimum Gasteiger partial charge on any atom is -0.296 e. The lowest BCUT2D eigenvalue weighted by Gasteiger charge is -2.37. The Morgan fingerprint density at radius 3 is 2.79 bits per heavy atom. The number of hydrogen-bond donors (Lipinski definition) is 0. The van der Waals surface area contributed by atoms with Crippen LogP contribution < -0.4 is 5.56 Å². The monoisotopic (exact) mass is 344 g/mol. The van der Waals surface area contributed by atoms with Crippen molar-refractivity contribution in [1.82, 2.24) is 9.55 Å². The average molecular weight is 345 g/mol. The molecule has 1 atom stereocenters. The first-order valence-corrected chi connectivity index (χ1v) is 10.3. The SMILES string of the molecule is CC(C)(C)C1CCC2=C(C1)Sc1nc3n(c(=O)c1C2)CCCCC3. The Labute approximate surface area is 148 Å². The van der Waals surface area contributed by atoms with Gasteiger partial charge in [-0.15, -0.1) is 0 Å². The summed E-state index contributed by atoms with van der Waals surface area (Å²) in [6.07, 6.45) is 8.88. The molecule has 0 aromatic carbocycles. The third kappa shape index (κ3) is 2.87. The molecule has 0 spiro atoms. The molecule has 0 bridgehead atoms. The maximum absolute atomic E-state index is 13.0. The number of hydrogen-bond acceptors (Lipinski definition) is 3. The van der Waals surface area contributed by atoms with Crippen LogP contribution in [-0.4, -0.2) is 9.55 Å². The minimum absolute atomic E-state index is 0.244. The highest BCUT2D eigenvalue weighted by molar-refractivity contribution is 8.03. The van der Waals surface area contributed by atoms with Crippen LogP contribution in [0.4, 0.5) is 0 Å². The van der Waals surface area contributed by atoms with Crippen molar-refractivity contribution in [2.45, 2.75) is 83.7 Å². The molecule has 0 saturated heterocycles. The Balaban J connectivity index is 1.68. The molecular weight excluding hydrogens is 316 g/mol. The fourth-order valence-corrected chi connectivity index (χ4v) is 5.60. The minimum atomic E-state index is 0.244. The summed E-state index contributed by atoms with van der Waals surface area (Å²) >= 11 is 1.81. The van der Waals surface area contributed by atoms with E-state index in [4.69, 9.17) is 4.98 Å². The first kappa shape index (κ1) is 16.4. The van der Waals surface area contributed by atoms with Crippen molar-refractivity contribution in [3.8, 4) is 0 Å². The molecule has 4 heteroatoms. The van der Waals surface area contributed by atoms with Gasteiger partial charge in [-0.1, -0.05) is 44.5 Å². The summed E-state index contributed by atoms with van der Waals surface area (Å²) in [5, 5.41) is 1.02. The molecule has 0 fully saturated rings. The van der Waals surface area contributed by atoms with Crippen LogP contribution in [0.5, 0.6) is 0 Å². The molecule has 24 heavy (non-hydrogen) atoms. The number of fused-ring (bicyclic) bond motifs is 2. The molecule has 0 saturated carbocycles. The van der Waals surface area contributed by atoms with Crippen LogP contribution in [0.1, 0.15) is 70.7 Å². The number of aromatic nitrogens is 2. The van der Waals surface area contributed by atoms with Gasteiger partial charge in [0.05, 0.1) is 5.56 Å². The van der Waals surface area contributed by atoms with Gasteiger partial charge in [-0.2, -0.15) is 0 Å². The van der Waals surface area contributed by atoms with Crippen molar-refractivity contribution < 1.29 is 0 Å². The maximum Gasteiger partial charge on any atom is 0.258 e. The van der Waals surface area contributed by atoms with Crippen molar-refractivity contribution in [2.24, 2.45) is 11.3 Å². The number of rotatable bonds is 0. The molecule has 1 aliphatic carbocycles. The zero-order chi connectivity index (χ0) is 16.9. The quantitative estimate of drug-likeness (QED) is 0.639. The van der Waals surface area contributed by atoms with E-state index in [1.54, 1.807) is 0 Å². The fourth-order valence-electron chi connectivity index (χ4n) is 4.33. The van der Waals surface area contributed by atoms with Crippen LogP contribution in [0.25, 0.3) is 0 Å². The molecule has 1 unspecified atom stereocenters. The third-order valence-corrected chi connectivity index (χ3v) is 7.27. The third-order valence-electron chi connectivity index (χ3n) is 6.04. The molecule has 0 amide bonds. The second-order valence-corrected chi connectivity index (χ2v) is 9.77. The lowest BCUT2D eigenvalue weighted by molar-refractivity contribution is 0.218. The smallest absolute Gasteiger partial charge is 0.258 e. The number of allylic oxidation sites excluding steroid dienone is 2. The summed E-state index contributed by atoms with van der Waals surface area (Å²) in [7, 11) is 0. The van der Waals surface area contributed by atoms with Gasteiger partial charge < -0.3 is 0 Å². The van der Waals surface area contributed by atoms with Crippen LogP contribution in [0.2, 0.25) is 0 Å². The standard InChI is InChI=1S/C20H28N2OS/c1-20(2,3)14-9-8-13-11-15-18(24-16(13)12-14)21-17-7-5-4-6-10-22(17)19(15)23/h14H,4-12H2,1-3H3. The van der Waals surface area contributed by atoms with Gasteiger partial charge in [-0.05, 0) is 48.3 Å². The van der Waals surface area contributed by atoms with Crippen molar-refractivity contribution in [1.29, 1.82) is 0 Å². The molecule has 0 radical (unpaired) electrons. The Hall–Kier alpha value is -1.03. The Bertz CT molecular complexity index is 754. The van der Waals surface area contributed by atoms with E-state index in [0.717, 1.165) is 61.0 Å². The molecule has 3 heterocycles. The van der Waals surface area contributed by atoms with E-state index in [1.807, 2.05) is 16.3 Å². The molecule has 4 rings (SSSR count). The van der Waals surface area contributed by atoms with E-state index >= 15 is 0 Å². The van der Waals surface area contributed by atoms with Gasteiger partial charge in [0.15, 0.2) is 0 Å². The van der Waals surface area contributed by atoms with E-state index in [2.05, 4.69) is 20.8 Å². The zero-order valence-electron chi connectivity index (χ0n) is 15.2. The van der Waals surface area contributed by atoms with E-state index in [9.17, 15) is 4.79 Å². The fraction of sp³-hybridized carbons (Fsp3) is 0.700. The second-order valence-electron chi connectivity index (χ2n) is 8.69. The highest BCUT2D eigenvalue weighted by Gasteiger charge is 2.34. The first-order chi connectivity index (χ1) is 11.4. The van der Waals surface area contributed by atoms with E-state index in [0.29, 0.717) is 5.41 Å². The highest BCUT2D eigenvalue weighted by Crippen LogP contribution is 2.48. The van der Waals surface area contributed by atoms with Crippen molar-refractivity contribution in [3.05, 3.63) is 32.2 Å². The number of aryl methyl sites for hydroxylation is 1. The van der Waals surface area contributed by atoms with Crippen molar-refractivity contribution in [2.75, 3.05) is 0 Å². The summed E-state index contributed by atoms with van der Waals surface area (Å²) in [4.78, 5) is 19.5. The average Bonchev–Trinajstić information content (AvgIpc) is 2.78. The van der Waals surface area contributed by atoms with Gasteiger partial charge in [0.2, 0.25) is 0 Å². The second kappa shape index (κ2) is 6.05. The topological polar surface area (TPSA) is 34.9 Å². The van der Waals surface area contributed by atoms with Gasteiger partial charge >= 0.3 is 0 Å². The van der Waals surface area contributed by atoms with Crippen LogP contribution in [-0.2, 0) is 19.4 Å². The summed E-state index contributed by atoms with van der Waals surface area (Å²) in [5.74, 6) is 1.77. The first-order valence-electron chi connectivity index (χ1n) is 9.45. The molecule has 0 N–H and O–H groups in total. The predicted octanol–water partition coefficient (Wildman–Crippen LogP) is 4.72. The van der Waals surface area contributed by atoms with E-state index in [-0.39, 0.29) is 5.56 Å². The van der Waals surface area contributed by atoms with Gasteiger partial charge in [0.1, 0.15) is 10.9 Å². The van der Waals surface area contributed by atoms with E-state index < -0.39 is 0 Å². The number of thioether (sulfide) groups is 1. The molecular formula is C20H28N2OS. The summed E-state index contributed by atoms with van der Waals surface area (Å²) in [6.45, 7) is 7.93. The van der Waals surface area contributed by atoms with Crippen LogP contribution >= 0.6 is 11.8 Å². The molecule has 1 aromatic heterocycles. The lowest BCUT2D eigenvalue weighted by Crippen LogP contribution is -2.31. The van der Waals surface area contributed by atoms with Crippen molar-refractivity contribution in [3.63, 3.8) is 0 Å². The summed E-state index contributed by atoms with van der Waals surface area (Å²) in [5.41, 5.74) is 3.09. The summed E-state index contributed by atoms with van der Waals surface area (Å²) < 4.78 is 1.97. The van der Waals surface area contributed by atoms with E-state index in [1.165, 1.54) is 29.7 Å². The molecule has 3 aliphatic rings. The van der Waals surface area contributed by atoms with Crippen LogP contribution in [0.15, 0.2) is 20.3 Å². The van der Waals surface area contributed by atoms with Crippen LogP contribution in [0, 0.1) is 11.3 Å². The Morgan fingerprint density at radius 2 is 2.00 bits per heavy atom. The Kier molecular flexibility index (Phi) is 4.14. The molecule has 3 nitrogen and oxygen atoms in total. The largest absolute Gasteiger partial charge is 0.296 e. The zero-order valence-corrected chi connectivity index (χ0v) is 16.0. The predicted molar refractivity (Wildman–Crippen MR) is 99.4 cm³/mol. The van der Waals surface area contributed by atoms with Crippen molar-refractivity contribution >= 4 is 11.8 Å². The van der Waals surface area contributed by atoms with Gasteiger partial charge in [0, 0.05) is 19.4 Å². The number of nitrogens with zero attached hydrogens (tertiary/aromatic N) is 2. The van der Waals surface area contributed by atoms with Crippen LogP contribution in [0.3, 0.4) is 0 Å². The van der Waals surface area contributed by atoms with Gasteiger partial charge in [-0.3, -0.25) is 9.36 Å². The highest BCUT2D eigenvalue weighted by atomic mass is 32.2. The molecule has 2 aliphatic heterocycles. The molecule has 130 valence electrons. The molecule has 1 aromatic rings. The Morgan fingerprint density at radius 1 is 1.17 bits per heavy atom. The summed E-state index contributed by atoms with van der Waals surface area (Å²) in [6, 6.07) is 0. The van der Waals surface area contributed by atoms with Gasteiger partial charge in [-0.25, -0.2) is 4.98 Å². The normalized spacial score (nSPS) is 24.0. The van der Waals surface area contributed by atoms with Gasteiger partial charge in [0.25, 0.3) is 5.56 Å². The maximum atomic E-state index is 13.0.